The van der Waals surface area contributed by atoms with E-state index in [1.54, 1.807) is 25.3 Å². The van der Waals surface area contributed by atoms with Crippen LogP contribution in [-0.2, 0) is 14.3 Å². The van der Waals surface area contributed by atoms with Crippen molar-refractivity contribution in [2.45, 2.75) is 45.6 Å². The van der Waals surface area contributed by atoms with E-state index in [2.05, 4.69) is 20.8 Å². The molecule has 1 saturated heterocycles. The third kappa shape index (κ3) is 5.45. The number of hydrogen-bond acceptors (Lipinski definition) is 5. The number of amides is 1. The number of ketones is 1. The second kappa shape index (κ2) is 11.1. The Kier molecular flexibility index (Phi) is 8.28. The minimum absolute atomic E-state index is 0.0825. The maximum absolute atomic E-state index is 13.1. The van der Waals surface area contributed by atoms with E-state index < -0.39 is 17.7 Å². The van der Waals surface area contributed by atoms with Crippen LogP contribution in [-0.4, -0.2) is 48.6 Å². The number of aliphatic hydroxyl groups excluding tert-OH is 1. The summed E-state index contributed by atoms with van der Waals surface area (Å²) in [5.74, 6) is -0.568. The number of hydrogen-bond donors (Lipinski definition) is 1. The highest BCUT2D eigenvalue weighted by Gasteiger charge is 2.45. The van der Waals surface area contributed by atoms with Crippen LogP contribution in [0.4, 0.5) is 0 Å². The van der Waals surface area contributed by atoms with Gasteiger partial charge in [-0.15, -0.1) is 0 Å². The second-order valence-electron chi connectivity index (χ2n) is 8.54. The van der Waals surface area contributed by atoms with E-state index in [1.165, 1.54) is 4.90 Å². The van der Waals surface area contributed by atoms with Gasteiger partial charge in [-0.05, 0) is 35.6 Å². The molecule has 1 atom stereocenters. The summed E-state index contributed by atoms with van der Waals surface area (Å²) in [6.45, 7) is 7.40. The van der Waals surface area contributed by atoms with Crippen LogP contribution in [0, 0.1) is 0 Å². The zero-order chi connectivity index (χ0) is 24.0. The minimum Gasteiger partial charge on any atom is -0.507 e. The standard InChI is InChI=1S/C27H33NO5/c1-5-6-15-33-22-9-7-8-21(17-22)25(29)23-24(20-12-10-19(11-13-20)18(2)3)28(14-16-32-4)27(31)26(23)30/h7-13,17-18,24,29H,5-6,14-16H2,1-4H3/b25-23+. The van der Waals surface area contributed by atoms with Crippen LogP contribution in [0.25, 0.3) is 5.76 Å². The fraction of sp³-hybridized carbons (Fsp3) is 0.407. The molecule has 0 bridgehead atoms. The van der Waals surface area contributed by atoms with Crippen molar-refractivity contribution in [2.75, 3.05) is 26.9 Å². The van der Waals surface area contributed by atoms with E-state index in [-0.39, 0.29) is 24.5 Å². The number of aliphatic hydroxyl groups is 1. The quantitative estimate of drug-likeness (QED) is 0.237. The molecule has 2 aromatic rings. The third-order valence-electron chi connectivity index (χ3n) is 5.87. The molecule has 1 N–H and O–H groups in total. The van der Waals surface area contributed by atoms with Crippen molar-refractivity contribution in [3.8, 4) is 5.75 Å². The lowest BCUT2D eigenvalue weighted by molar-refractivity contribution is -0.140. The molecule has 0 aliphatic carbocycles. The Balaban J connectivity index is 2.06. The van der Waals surface area contributed by atoms with Crippen LogP contribution in [0.3, 0.4) is 0 Å². The number of nitrogens with zero attached hydrogens (tertiary/aromatic N) is 1. The number of unbranched alkanes of at least 4 members (excludes halogenated alkanes) is 1. The number of benzene rings is 2. The smallest absolute Gasteiger partial charge is 0.295 e. The molecule has 0 saturated carbocycles. The summed E-state index contributed by atoms with van der Waals surface area (Å²) in [6, 6.07) is 14.1. The third-order valence-corrected chi connectivity index (χ3v) is 5.87. The molecular formula is C27H33NO5. The van der Waals surface area contributed by atoms with E-state index in [4.69, 9.17) is 9.47 Å². The van der Waals surface area contributed by atoms with E-state index in [0.29, 0.717) is 23.8 Å². The Labute approximate surface area is 195 Å². The van der Waals surface area contributed by atoms with Gasteiger partial charge in [0, 0.05) is 19.2 Å². The highest BCUT2D eigenvalue weighted by Crippen LogP contribution is 2.39. The summed E-state index contributed by atoms with van der Waals surface area (Å²) in [7, 11) is 1.55. The maximum Gasteiger partial charge on any atom is 0.295 e. The molecule has 6 heteroatoms. The predicted octanol–water partition coefficient (Wildman–Crippen LogP) is 5.06. The van der Waals surface area contributed by atoms with Crippen LogP contribution < -0.4 is 4.74 Å². The largest absolute Gasteiger partial charge is 0.507 e. The summed E-state index contributed by atoms with van der Waals surface area (Å²) in [6.07, 6.45) is 1.94. The molecule has 0 radical (unpaired) electrons. The van der Waals surface area contributed by atoms with Gasteiger partial charge < -0.3 is 19.5 Å². The summed E-state index contributed by atoms with van der Waals surface area (Å²) in [5, 5.41) is 11.2. The van der Waals surface area contributed by atoms with Gasteiger partial charge in [0.05, 0.1) is 24.8 Å². The molecule has 1 heterocycles. The zero-order valence-electron chi connectivity index (χ0n) is 19.8. The summed E-state index contributed by atoms with van der Waals surface area (Å²) in [4.78, 5) is 27.5. The number of likely N-dealkylation sites (tertiary alicyclic amines) is 1. The number of rotatable bonds is 10. The first-order chi connectivity index (χ1) is 15.9. The van der Waals surface area contributed by atoms with Crippen molar-refractivity contribution in [1.82, 2.24) is 4.90 Å². The molecule has 1 fully saturated rings. The Morgan fingerprint density at radius 1 is 1.09 bits per heavy atom. The Morgan fingerprint density at radius 2 is 1.82 bits per heavy atom. The molecule has 176 valence electrons. The molecule has 1 unspecified atom stereocenters. The molecule has 0 aromatic heterocycles. The summed E-state index contributed by atoms with van der Waals surface area (Å²) < 4.78 is 10.9. The number of Topliss-reactive ketones (excluding diaryl/α,β-unsaturated/α-hetero) is 1. The average molecular weight is 452 g/mol. The normalized spacial score (nSPS) is 17.7. The van der Waals surface area contributed by atoms with Gasteiger partial charge >= 0.3 is 0 Å². The van der Waals surface area contributed by atoms with Gasteiger partial charge in [-0.25, -0.2) is 0 Å². The summed E-state index contributed by atoms with van der Waals surface area (Å²) >= 11 is 0. The molecule has 2 aromatic carbocycles. The first kappa shape index (κ1) is 24.5. The molecule has 1 aliphatic heterocycles. The lowest BCUT2D eigenvalue weighted by Gasteiger charge is -2.25. The molecule has 1 aliphatic rings. The van der Waals surface area contributed by atoms with Crippen LogP contribution in [0.5, 0.6) is 5.75 Å². The Morgan fingerprint density at radius 3 is 2.45 bits per heavy atom. The highest BCUT2D eigenvalue weighted by atomic mass is 16.5. The van der Waals surface area contributed by atoms with Crippen molar-refractivity contribution >= 4 is 17.4 Å². The lowest BCUT2D eigenvalue weighted by Crippen LogP contribution is -2.32. The van der Waals surface area contributed by atoms with Gasteiger partial charge in [-0.2, -0.15) is 0 Å². The second-order valence-corrected chi connectivity index (χ2v) is 8.54. The van der Waals surface area contributed by atoms with Crippen molar-refractivity contribution in [1.29, 1.82) is 0 Å². The van der Waals surface area contributed by atoms with Crippen molar-refractivity contribution in [3.05, 3.63) is 70.8 Å². The molecule has 1 amide bonds. The van der Waals surface area contributed by atoms with Crippen molar-refractivity contribution < 1.29 is 24.2 Å². The Hall–Kier alpha value is -3.12. The highest BCUT2D eigenvalue weighted by molar-refractivity contribution is 6.46. The molecule has 0 spiro atoms. The fourth-order valence-corrected chi connectivity index (χ4v) is 3.93. The van der Waals surface area contributed by atoms with Crippen LogP contribution >= 0.6 is 0 Å². The maximum atomic E-state index is 13.1. The average Bonchev–Trinajstić information content (AvgIpc) is 3.07. The van der Waals surface area contributed by atoms with Crippen molar-refractivity contribution in [3.63, 3.8) is 0 Å². The van der Waals surface area contributed by atoms with Crippen LogP contribution in [0.1, 0.15) is 62.3 Å². The number of methoxy groups -OCH3 is 1. The fourth-order valence-electron chi connectivity index (χ4n) is 3.93. The van der Waals surface area contributed by atoms with Gasteiger partial charge in [0.25, 0.3) is 11.7 Å². The van der Waals surface area contributed by atoms with Gasteiger partial charge in [-0.1, -0.05) is 63.6 Å². The van der Waals surface area contributed by atoms with E-state index in [9.17, 15) is 14.7 Å². The van der Waals surface area contributed by atoms with Gasteiger partial charge in [0.15, 0.2) is 0 Å². The lowest BCUT2D eigenvalue weighted by atomic mass is 9.93. The molecular weight excluding hydrogens is 418 g/mol. The predicted molar refractivity (Wildman–Crippen MR) is 128 cm³/mol. The van der Waals surface area contributed by atoms with E-state index in [1.807, 2.05) is 30.3 Å². The van der Waals surface area contributed by atoms with Crippen molar-refractivity contribution in [2.24, 2.45) is 0 Å². The monoisotopic (exact) mass is 451 g/mol. The van der Waals surface area contributed by atoms with Gasteiger partial charge in [0.1, 0.15) is 11.5 Å². The molecule has 3 rings (SSSR count). The molecule has 6 nitrogen and oxygen atoms in total. The topological polar surface area (TPSA) is 76.1 Å². The van der Waals surface area contributed by atoms with Crippen LogP contribution in [0.15, 0.2) is 54.1 Å². The first-order valence-corrected chi connectivity index (χ1v) is 11.5. The first-order valence-electron chi connectivity index (χ1n) is 11.5. The van der Waals surface area contributed by atoms with E-state index >= 15 is 0 Å². The SMILES string of the molecule is CCCCOc1cccc(/C(O)=C2\C(=O)C(=O)N(CCOC)C2c2ccc(C(C)C)cc2)c1. The molecule has 33 heavy (non-hydrogen) atoms. The summed E-state index contributed by atoms with van der Waals surface area (Å²) in [5.41, 5.74) is 2.45. The van der Waals surface area contributed by atoms with Crippen LogP contribution in [0.2, 0.25) is 0 Å². The number of carbonyl (C=O) groups excluding carboxylic acids is 2. The minimum atomic E-state index is -0.696. The zero-order valence-corrected chi connectivity index (χ0v) is 19.8. The Bertz CT molecular complexity index is 1010. The van der Waals surface area contributed by atoms with Gasteiger partial charge in [0.2, 0.25) is 0 Å². The number of ether oxygens (including phenoxy) is 2. The number of carbonyl (C=O) groups is 2. The van der Waals surface area contributed by atoms with E-state index in [0.717, 1.165) is 24.0 Å². The van der Waals surface area contributed by atoms with Gasteiger partial charge in [-0.3, -0.25) is 9.59 Å².